The van der Waals surface area contributed by atoms with Gasteiger partial charge in [0, 0.05) is 25.8 Å². The zero-order valence-corrected chi connectivity index (χ0v) is 12.1. The lowest BCUT2D eigenvalue weighted by molar-refractivity contribution is 0.0737. The highest BCUT2D eigenvalue weighted by atomic mass is 16.5. The Bertz CT molecular complexity index is 588. The standard InChI is InChI=1S/C17H20N2O2/c1-13-6-5-9-18-15(13)10-19-11-16(20)17(12-19)21-14-7-3-2-4-8-14/h2-9,16-17,20H,10-12H2,1H3/t16-,17-/m1/s1. The Morgan fingerprint density at radius 3 is 2.76 bits per heavy atom. The van der Waals surface area contributed by atoms with Crippen LogP contribution in [-0.4, -0.2) is 40.3 Å². The van der Waals surface area contributed by atoms with Crippen LogP contribution in [-0.2, 0) is 6.54 Å². The maximum absolute atomic E-state index is 10.2. The number of benzene rings is 1. The SMILES string of the molecule is Cc1cccnc1CN1C[C@@H](O)[C@H](Oc2ccccc2)C1. The predicted octanol–water partition coefficient (Wildman–Crippen LogP) is 2.01. The molecule has 1 N–H and O–H groups in total. The van der Waals surface area contributed by atoms with Crippen molar-refractivity contribution in [3.8, 4) is 5.75 Å². The number of rotatable bonds is 4. The third kappa shape index (κ3) is 3.40. The molecule has 1 saturated heterocycles. The van der Waals surface area contributed by atoms with Crippen LogP contribution in [0.1, 0.15) is 11.3 Å². The number of para-hydroxylation sites is 1. The number of hydrogen-bond acceptors (Lipinski definition) is 4. The van der Waals surface area contributed by atoms with Crippen molar-refractivity contribution in [1.29, 1.82) is 0 Å². The van der Waals surface area contributed by atoms with Crippen LogP contribution < -0.4 is 4.74 Å². The minimum absolute atomic E-state index is 0.184. The largest absolute Gasteiger partial charge is 0.486 e. The van der Waals surface area contributed by atoms with Gasteiger partial charge in [-0.2, -0.15) is 0 Å². The van der Waals surface area contributed by atoms with Crippen LogP contribution in [0.3, 0.4) is 0 Å². The van der Waals surface area contributed by atoms with E-state index in [0.717, 1.165) is 18.0 Å². The van der Waals surface area contributed by atoms with Crippen molar-refractivity contribution >= 4 is 0 Å². The monoisotopic (exact) mass is 284 g/mol. The number of aliphatic hydroxyl groups is 1. The quantitative estimate of drug-likeness (QED) is 0.933. The van der Waals surface area contributed by atoms with E-state index in [1.54, 1.807) is 0 Å². The summed E-state index contributed by atoms with van der Waals surface area (Å²) in [7, 11) is 0. The summed E-state index contributed by atoms with van der Waals surface area (Å²) in [5.41, 5.74) is 2.24. The van der Waals surface area contributed by atoms with Crippen LogP contribution in [0.15, 0.2) is 48.7 Å². The van der Waals surface area contributed by atoms with E-state index < -0.39 is 6.10 Å². The van der Waals surface area contributed by atoms with Gasteiger partial charge in [-0.1, -0.05) is 24.3 Å². The fourth-order valence-corrected chi connectivity index (χ4v) is 2.65. The van der Waals surface area contributed by atoms with Gasteiger partial charge in [0.05, 0.1) is 5.69 Å². The van der Waals surface area contributed by atoms with Crippen LogP contribution >= 0.6 is 0 Å². The third-order valence-electron chi connectivity index (χ3n) is 3.83. The fourth-order valence-electron chi connectivity index (χ4n) is 2.65. The summed E-state index contributed by atoms with van der Waals surface area (Å²) >= 11 is 0. The van der Waals surface area contributed by atoms with E-state index in [9.17, 15) is 5.11 Å². The normalized spacial score (nSPS) is 22.4. The summed E-state index contributed by atoms with van der Waals surface area (Å²) in [6.45, 7) is 4.14. The average molecular weight is 284 g/mol. The molecule has 1 aliphatic rings. The molecule has 21 heavy (non-hydrogen) atoms. The summed E-state index contributed by atoms with van der Waals surface area (Å²) in [6, 6.07) is 13.7. The third-order valence-corrected chi connectivity index (χ3v) is 3.83. The van der Waals surface area contributed by atoms with Crippen molar-refractivity contribution in [1.82, 2.24) is 9.88 Å². The van der Waals surface area contributed by atoms with Gasteiger partial charge in [-0.25, -0.2) is 0 Å². The first-order chi connectivity index (χ1) is 10.2. The number of likely N-dealkylation sites (tertiary alicyclic amines) is 1. The van der Waals surface area contributed by atoms with Crippen LogP contribution in [0, 0.1) is 6.92 Å². The molecule has 1 aromatic carbocycles. The average Bonchev–Trinajstić information content (AvgIpc) is 2.82. The van der Waals surface area contributed by atoms with Crippen molar-refractivity contribution in [3.63, 3.8) is 0 Å². The Hall–Kier alpha value is -1.91. The maximum atomic E-state index is 10.2. The second-order valence-corrected chi connectivity index (χ2v) is 5.50. The molecular weight excluding hydrogens is 264 g/mol. The molecule has 0 bridgehead atoms. The fraction of sp³-hybridized carbons (Fsp3) is 0.353. The molecule has 0 radical (unpaired) electrons. The Balaban J connectivity index is 1.62. The molecule has 2 atom stereocenters. The Morgan fingerprint density at radius 2 is 2.00 bits per heavy atom. The van der Waals surface area contributed by atoms with Gasteiger partial charge in [-0.3, -0.25) is 9.88 Å². The number of nitrogens with zero attached hydrogens (tertiary/aromatic N) is 2. The van der Waals surface area contributed by atoms with Crippen LogP contribution in [0.4, 0.5) is 0 Å². The summed E-state index contributed by atoms with van der Waals surface area (Å²) in [5, 5.41) is 10.2. The number of β-amino-alcohol motifs (C(OH)–C–C–N with tert-alkyl or cyclic N) is 1. The molecule has 0 unspecified atom stereocenters. The molecule has 0 spiro atoms. The van der Waals surface area contributed by atoms with Crippen LogP contribution in [0.2, 0.25) is 0 Å². The highest BCUT2D eigenvalue weighted by molar-refractivity contribution is 5.22. The maximum Gasteiger partial charge on any atom is 0.138 e. The minimum Gasteiger partial charge on any atom is -0.486 e. The van der Waals surface area contributed by atoms with Gasteiger partial charge in [0.2, 0.25) is 0 Å². The van der Waals surface area contributed by atoms with Crippen molar-refractivity contribution in [3.05, 3.63) is 59.9 Å². The second kappa shape index (κ2) is 6.24. The number of ether oxygens (including phenoxy) is 1. The number of hydrogen-bond donors (Lipinski definition) is 1. The van der Waals surface area contributed by atoms with Crippen molar-refractivity contribution < 1.29 is 9.84 Å². The molecule has 0 saturated carbocycles. The summed E-state index contributed by atoms with van der Waals surface area (Å²) < 4.78 is 5.87. The molecule has 2 aromatic rings. The molecule has 0 amide bonds. The molecule has 4 nitrogen and oxygen atoms in total. The van der Waals surface area contributed by atoms with E-state index in [0.29, 0.717) is 13.1 Å². The van der Waals surface area contributed by atoms with Crippen molar-refractivity contribution in [2.45, 2.75) is 25.7 Å². The summed E-state index contributed by atoms with van der Waals surface area (Å²) in [4.78, 5) is 6.60. The highest BCUT2D eigenvalue weighted by Crippen LogP contribution is 2.20. The zero-order valence-electron chi connectivity index (χ0n) is 12.1. The van der Waals surface area contributed by atoms with E-state index in [2.05, 4.69) is 22.9 Å². The number of aromatic nitrogens is 1. The molecule has 1 aliphatic heterocycles. The predicted molar refractivity (Wildman–Crippen MR) is 81.1 cm³/mol. The lowest BCUT2D eigenvalue weighted by Crippen LogP contribution is -2.29. The van der Waals surface area contributed by atoms with Gasteiger partial charge in [0.15, 0.2) is 0 Å². The zero-order chi connectivity index (χ0) is 14.7. The van der Waals surface area contributed by atoms with Crippen molar-refractivity contribution in [2.75, 3.05) is 13.1 Å². The lowest BCUT2D eigenvalue weighted by Gasteiger charge is -2.17. The molecular formula is C17H20N2O2. The lowest BCUT2D eigenvalue weighted by atomic mass is 10.2. The van der Waals surface area contributed by atoms with Gasteiger partial charge < -0.3 is 9.84 Å². The first-order valence-corrected chi connectivity index (χ1v) is 7.25. The Labute approximate surface area is 125 Å². The minimum atomic E-state index is -0.464. The van der Waals surface area contributed by atoms with Crippen molar-refractivity contribution in [2.24, 2.45) is 0 Å². The number of aryl methyl sites for hydroxylation is 1. The molecule has 110 valence electrons. The first kappa shape index (κ1) is 14.0. The number of pyridine rings is 1. The number of aliphatic hydroxyl groups excluding tert-OH is 1. The highest BCUT2D eigenvalue weighted by Gasteiger charge is 2.33. The molecule has 4 heteroatoms. The molecule has 0 aliphatic carbocycles. The summed E-state index contributed by atoms with van der Waals surface area (Å²) in [5.74, 6) is 0.803. The molecule has 2 heterocycles. The molecule has 1 fully saturated rings. The topological polar surface area (TPSA) is 45.6 Å². The van der Waals surface area contributed by atoms with Gasteiger partial charge in [-0.15, -0.1) is 0 Å². The van der Waals surface area contributed by atoms with Gasteiger partial charge >= 0.3 is 0 Å². The van der Waals surface area contributed by atoms with E-state index in [-0.39, 0.29) is 6.10 Å². The van der Waals surface area contributed by atoms with Crippen LogP contribution in [0.25, 0.3) is 0 Å². The molecule has 1 aromatic heterocycles. The van der Waals surface area contributed by atoms with E-state index in [1.165, 1.54) is 5.56 Å². The van der Waals surface area contributed by atoms with E-state index in [4.69, 9.17) is 4.74 Å². The summed E-state index contributed by atoms with van der Waals surface area (Å²) in [6.07, 6.45) is 1.16. The van der Waals surface area contributed by atoms with Crippen LogP contribution in [0.5, 0.6) is 5.75 Å². The van der Waals surface area contributed by atoms with E-state index >= 15 is 0 Å². The smallest absolute Gasteiger partial charge is 0.138 e. The van der Waals surface area contributed by atoms with E-state index in [1.807, 2.05) is 42.6 Å². The first-order valence-electron chi connectivity index (χ1n) is 7.25. The second-order valence-electron chi connectivity index (χ2n) is 5.50. The Kier molecular flexibility index (Phi) is 4.18. The van der Waals surface area contributed by atoms with Gasteiger partial charge in [0.25, 0.3) is 0 Å². The van der Waals surface area contributed by atoms with Gasteiger partial charge in [0.1, 0.15) is 18.0 Å². The molecule has 3 rings (SSSR count). The van der Waals surface area contributed by atoms with Gasteiger partial charge in [-0.05, 0) is 30.7 Å². The Morgan fingerprint density at radius 1 is 1.19 bits per heavy atom.